The fraction of sp³-hybridized carbons (Fsp3) is 0.455. The van der Waals surface area contributed by atoms with Crippen LogP contribution in [0, 0.1) is 0 Å². The first-order chi connectivity index (χ1) is 6.42. The number of phenols is 1. The second-order valence-electron chi connectivity index (χ2n) is 4.05. The second-order valence-corrected chi connectivity index (χ2v) is 4.05. The largest absolute Gasteiger partial charge is 0.504 e. The van der Waals surface area contributed by atoms with Crippen LogP contribution in [0.25, 0.3) is 0 Å². The number of methoxy groups -OCH3 is 1. The van der Waals surface area contributed by atoms with E-state index in [0.29, 0.717) is 11.5 Å². The van der Waals surface area contributed by atoms with Gasteiger partial charge in [-0.1, -0.05) is 0 Å². The molecular formula is C11H16O3. The Balaban J connectivity index is 2.90. The van der Waals surface area contributed by atoms with Gasteiger partial charge >= 0.3 is 0 Å². The van der Waals surface area contributed by atoms with Crippen LogP contribution in [0.2, 0.25) is 0 Å². The van der Waals surface area contributed by atoms with E-state index in [1.807, 2.05) is 20.8 Å². The number of phenolic OH excluding ortho intramolecular Hbond substituents is 1. The van der Waals surface area contributed by atoms with Crippen molar-refractivity contribution in [2.45, 2.75) is 26.4 Å². The number of rotatable bonds is 2. The van der Waals surface area contributed by atoms with Crippen LogP contribution in [-0.4, -0.2) is 17.8 Å². The Kier molecular flexibility index (Phi) is 2.89. The zero-order valence-electron chi connectivity index (χ0n) is 9.00. The van der Waals surface area contributed by atoms with Crippen LogP contribution in [0.3, 0.4) is 0 Å². The lowest BCUT2D eigenvalue weighted by molar-refractivity contribution is 0.130. The fourth-order valence-corrected chi connectivity index (χ4v) is 1.07. The molecule has 3 nitrogen and oxygen atoms in total. The lowest BCUT2D eigenvalue weighted by Crippen LogP contribution is -2.22. The molecule has 0 saturated carbocycles. The highest BCUT2D eigenvalue weighted by molar-refractivity contribution is 5.44. The highest BCUT2D eigenvalue weighted by Crippen LogP contribution is 2.31. The third-order valence-corrected chi connectivity index (χ3v) is 1.58. The first-order valence-electron chi connectivity index (χ1n) is 4.48. The minimum Gasteiger partial charge on any atom is -0.504 e. The maximum absolute atomic E-state index is 9.35. The van der Waals surface area contributed by atoms with Crippen LogP contribution < -0.4 is 9.47 Å². The van der Waals surface area contributed by atoms with Crippen molar-refractivity contribution < 1.29 is 14.6 Å². The van der Waals surface area contributed by atoms with Crippen LogP contribution in [0.15, 0.2) is 18.2 Å². The van der Waals surface area contributed by atoms with Gasteiger partial charge in [0.2, 0.25) is 0 Å². The van der Waals surface area contributed by atoms with E-state index in [2.05, 4.69) is 0 Å². The topological polar surface area (TPSA) is 38.7 Å². The molecule has 0 unspecified atom stereocenters. The van der Waals surface area contributed by atoms with Gasteiger partial charge in [-0.15, -0.1) is 0 Å². The van der Waals surface area contributed by atoms with Crippen LogP contribution in [0.5, 0.6) is 17.2 Å². The van der Waals surface area contributed by atoms with Gasteiger partial charge in [-0.05, 0) is 32.9 Å². The smallest absolute Gasteiger partial charge is 0.164 e. The molecule has 1 N–H and O–H groups in total. The average Bonchev–Trinajstić information content (AvgIpc) is 2.06. The van der Waals surface area contributed by atoms with Crippen molar-refractivity contribution in [2.75, 3.05) is 7.11 Å². The zero-order chi connectivity index (χ0) is 10.8. The summed E-state index contributed by atoms with van der Waals surface area (Å²) in [6, 6.07) is 4.93. The standard InChI is InChI=1S/C11H16O3/c1-11(2,3)14-8-5-6-9(12)10(7-8)13-4/h5-7,12H,1-4H3. The summed E-state index contributed by atoms with van der Waals surface area (Å²) in [7, 11) is 1.51. The third kappa shape index (κ3) is 2.83. The molecule has 0 aliphatic carbocycles. The summed E-state index contributed by atoms with van der Waals surface area (Å²) >= 11 is 0. The van der Waals surface area contributed by atoms with E-state index >= 15 is 0 Å². The van der Waals surface area contributed by atoms with Gasteiger partial charge in [-0.25, -0.2) is 0 Å². The lowest BCUT2D eigenvalue weighted by Gasteiger charge is -2.21. The summed E-state index contributed by atoms with van der Waals surface area (Å²) in [5.74, 6) is 1.23. The van der Waals surface area contributed by atoms with Crippen LogP contribution in [-0.2, 0) is 0 Å². The number of hydrogen-bond acceptors (Lipinski definition) is 3. The van der Waals surface area contributed by atoms with E-state index < -0.39 is 0 Å². The number of hydrogen-bond donors (Lipinski definition) is 1. The third-order valence-electron chi connectivity index (χ3n) is 1.58. The van der Waals surface area contributed by atoms with Gasteiger partial charge in [-0.3, -0.25) is 0 Å². The van der Waals surface area contributed by atoms with Crippen molar-refractivity contribution in [3.05, 3.63) is 18.2 Å². The summed E-state index contributed by atoms with van der Waals surface area (Å²) < 4.78 is 10.6. The van der Waals surface area contributed by atoms with Gasteiger partial charge in [0.1, 0.15) is 11.4 Å². The molecule has 0 aliphatic heterocycles. The Morgan fingerprint density at radius 3 is 2.36 bits per heavy atom. The van der Waals surface area contributed by atoms with E-state index in [9.17, 15) is 5.11 Å². The summed E-state index contributed by atoms with van der Waals surface area (Å²) in [6.45, 7) is 5.89. The molecule has 0 fully saturated rings. The van der Waals surface area contributed by atoms with Gasteiger partial charge < -0.3 is 14.6 Å². The molecule has 3 heteroatoms. The molecule has 0 amide bonds. The summed E-state index contributed by atoms with van der Waals surface area (Å²) in [5, 5.41) is 9.35. The Bertz CT molecular complexity index is 313. The molecule has 0 radical (unpaired) electrons. The van der Waals surface area contributed by atoms with E-state index in [-0.39, 0.29) is 11.4 Å². The van der Waals surface area contributed by atoms with Crippen molar-refractivity contribution in [1.82, 2.24) is 0 Å². The van der Waals surface area contributed by atoms with Gasteiger partial charge in [-0.2, -0.15) is 0 Å². The van der Waals surface area contributed by atoms with Gasteiger partial charge in [0.15, 0.2) is 11.5 Å². The zero-order valence-corrected chi connectivity index (χ0v) is 9.00. The minimum atomic E-state index is -0.248. The predicted molar refractivity (Wildman–Crippen MR) is 55.0 cm³/mol. The Morgan fingerprint density at radius 2 is 1.86 bits per heavy atom. The van der Waals surface area contributed by atoms with E-state index in [4.69, 9.17) is 9.47 Å². The van der Waals surface area contributed by atoms with Gasteiger partial charge in [0.05, 0.1) is 7.11 Å². The molecular weight excluding hydrogens is 180 g/mol. The molecule has 0 saturated heterocycles. The number of aromatic hydroxyl groups is 1. The molecule has 14 heavy (non-hydrogen) atoms. The normalized spacial score (nSPS) is 11.1. The van der Waals surface area contributed by atoms with Crippen molar-refractivity contribution in [2.24, 2.45) is 0 Å². The maximum Gasteiger partial charge on any atom is 0.164 e. The SMILES string of the molecule is COc1cc(OC(C)(C)C)ccc1O. The van der Waals surface area contributed by atoms with Gasteiger partial charge in [0.25, 0.3) is 0 Å². The first-order valence-corrected chi connectivity index (χ1v) is 4.48. The Labute approximate surface area is 84.3 Å². The van der Waals surface area contributed by atoms with E-state index in [0.717, 1.165) is 0 Å². The summed E-state index contributed by atoms with van der Waals surface area (Å²) in [4.78, 5) is 0. The van der Waals surface area contributed by atoms with Crippen LogP contribution in [0.4, 0.5) is 0 Å². The molecule has 0 atom stereocenters. The van der Waals surface area contributed by atoms with Crippen molar-refractivity contribution in [3.63, 3.8) is 0 Å². The summed E-state index contributed by atoms with van der Waals surface area (Å²) in [6.07, 6.45) is 0. The average molecular weight is 196 g/mol. The fourth-order valence-electron chi connectivity index (χ4n) is 1.07. The Morgan fingerprint density at radius 1 is 1.21 bits per heavy atom. The molecule has 1 aromatic carbocycles. The highest BCUT2D eigenvalue weighted by Gasteiger charge is 2.13. The molecule has 0 bridgehead atoms. The molecule has 78 valence electrons. The molecule has 1 rings (SSSR count). The molecule has 0 aliphatic rings. The van der Waals surface area contributed by atoms with E-state index in [1.54, 1.807) is 18.2 Å². The monoisotopic (exact) mass is 196 g/mol. The van der Waals surface area contributed by atoms with Crippen LogP contribution in [0.1, 0.15) is 20.8 Å². The maximum atomic E-state index is 9.35. The number of ether oxygens (including phenoxy) is 2. The first kappa shape index (κ1) is 10.7. The molecule has 0 spiro atoms. The quantitative estimate of drug-likeness (QED) is 0.790. The van der Waals surface area contributed by atoms with Crippen LogP contribution >= 0.6 is 0 Å². The Hall–Kier alpha value is -1.38. The van der Waals surface area contributed by atoms with E-state index in [1.165, 1.54) is 7.11 Å². The molecule has 0 heterocycles. The molecule has 0 aromatic heterocycles. The van der Waals surface area contributed by atoms with Crippen molar-refractivity contribution >= 4 is 0 Å². The van der Waals surface area contributed by atoms with Gasteiger partial charge in [0, 0.05) is 6.07 Å². The molecule has 1 aromatic rings. The van der Waals surface area contributed by atoms with Crippen molar-refractivity contribution in [1.29, 1.82) is 0 Å². The summed E-state index contributed by atoms with van der Waals surface area (Å²) in [5.41, 5.74) is -0.248. The van der Waals surface area contributed by atoms with Crippen molar-refractivity contribution in [3.8, 4) is 17.2 Å². The lowest BCUT2D eigenvalue weighted by atomic mass is 10.2. The highest BCUT2D eigenvalue weighted by atomic mass is 16.5. The second kappa shape index (κ2) is 3.78. The number of benzene rings is 1. The minimum absolute atomic E-state index is 0.119. The predicted octanol–water partition coefficient (Wildman–Crippen LogP) is 2.58.